The van der Waals surface area contributed by atoms with Crippen molar-refractivity contribution in [1.29, 1.82) is 0 Å². The molecule has 8 N–H and O–H groups in total. The quantitative estimate of drug-likeness (QED) is 0.0258. The summed E-state index contributed by atoms with van der Waals surface area (Å²) in [5, 5.41) is 17.2. The lowest BCUT2D eigenvalue weighted by molar-refractivity contribution is -0.273. The van der Waals surface area contributed by atoms with Crippen molar-refractivity contribution in [2.75, 3.05) is 78.9 Å². The molecule has 3 fully saturated rings. The highest BCUT2D eigenvalue weighted by Crippen LogP contribution is 2.37. The minimum Gasteiger partial charge on any atom is -0.463 e. The number of carbonyl (C=O) groups is 12. The minimum atomic E-state index is -1.09. The lowest BCUT2D eigenvalue weighted by atomic mass is 9.84. The Morgan fingerprint density at radius 2 is 0.545 bits per heavy atom. The van der Waals surface area contributed by atoms with E-state index >= 15 is 0 Å². The summed E-state index contributed by atoms with van der Waals surface area (Å²) in [4.78, 5) is 147. The van der Waals surface area contributed by atoms with E-state index in [0.717, 1.165) is 0 Å². The van der Waals surface area contributed by atoms with Crippen molar-refractivity contribution in [3.63, 3.8) is 0 Å². The molecule has 31 nitrogen and oxygen atoms in total. The molecule has 0 radical (unpaired) electrons. The Morgan fingerprint density at radius 1 is 0.317 bits per heavy atom. The number of amides is 6. The van der Waals surface area contributed by atoms with Crippen LogP contribution in [0.15, 0.2) is 0 Å². The Morgan fingerprint density at radius 3 is 0.762 bits per heavy atom. The molecule has 101 heavy (non-hydrogen) atoms. The highest BCUT2D eigenvalue weighted by molar-refractivity contribution is 5.79. The van der Waals surface area contributed by atoms with Crippen LogP contribution in [0.3, 0.4) is 0 Å². The maximum absolute atomic E-state index is 13.1. The number of nitrogens with two attached hydrogens (primary N) is 1. The topological polar surface area (TPSA) is 414 Å². The molecule has 3 aliphatic heterocycles. The molecule has 3 saturated heterocycles. The summed E-state index contributed by atoms with van der Waals surface area (Å²) < 4.78 is 68.3. The predicted molar refractivity (Wildman–Crippen MR) is 363 cm³/mol. The van der Waals surface area contributed by atoms with Gasteiger partial charge in [-0.3, -0.25) is 57.5 Å². The lowest BCUT2D eigenvalue weighted by Crippen LogP contribution is -2.53. The van der Waals surface area contributed by atoms with E-state index in [1.165, 1.54) is 41.5 Å². The summed E-state index contributed by atoms with van der Waals surface area (Å²) in [6.07, 6.45) is 0.0489. The standard InChI is InChI=1S/C70H119N7O24/c1-43-46(4)67(99-55(40-93-49(7)78)64(43)96-52(10)81)90-37-16-13-22-58(84)72-31-19-34-75-61(87)25-28-70(71,29-26-62(88)76-35-20-32-73-59(85)23-14-17-38-91-68-47(5)44(2)65(97-53(11)82)56(100-68)41-94-50(8)79)30-27-63(89)77-36-21-33-74-60(86)24-15-18-39-92-69-48(6)45(3)66(98-54(12)83)57(101-69)42-95-51(9)80/h43-48,55-57,64-69H,13-42,71H2,1-12H3,(H,72,84)(H,73,85)(H,74,86)(H,75,87)(H,76,88)(H,77,89). The molecule has 6 amide bonds. The van der Waals surface area contributed by atoms with E-state index in [-0.39, 0.29) is 168 Å². The molecule has 31 heteroatoms. The van der Waals surface area contributed by atoms with Gasteiger partial charge < -0.3 is 94.5 Å². The van der Waals surface area contributed by atoms with Crippen LogP contribution in [0.2, 0.25) is 0 Å². The van der Waals surface area contributed by atoms with E-state index < -0.39 is 96.8 Å². The van der Waals surface area contributed by atoms with Crippen LogP contribution < -0.4 is 37.6 Å². The lowest BCUT2D eigenvalue weighted by Gasteiger charge is -2.43. The fourth-order valence-electron chi connectivity index (χ4n) is 11.9. The summed E-state index contributed by atoms with van der Waals surface area (Å²) in [7, 11) is 0. The summed E-state index contributed by atoms with van der Waals surface area (Å²) in [5.74, 6) is -5.11. The highest BCUT2D eigenvalue weighted by Gasteiger charge is 2.47. The Balaban J connectivity index is 1.41. The molecule has 3 aliphatic rings. The second-order valence-electron chi connectivity index (χ2n) is 26.9. The van der Waals surface area contributed by atoms with Gasteiger partial charge in [-0.15, -0.1) is 0 Å². The van der Waals surface area contributed by atoms with Crippen molar-refractivity contribution < 1.29 is 114 Å². The van der Waals surface area contributed by atoms with Crippen LogP contribution in [-0.2, 0) is 114 Å². The van der Waals surface area contributed by atoms with E-state index in [1.54, 1.807) is 0 Å². The van der Waals surface area contributed by atoms with Gasteiger partial charge >= 0.3 is 35.8 Å². The molecule has 3 rings (SSSR count). The van der Waals surface area contributed by atoms with Gasteiger partial charge in [0.25, 0.3) is 0 Å². The normalized spacial score (nSPS) is 25.3. The summed E-state index contributed by atoms with van der Waals surface area (Å²) >= 11 is 0. The first-order valence-corrected chi connectivity index (χ1v) is 36.0. The van der Waals surface area contributed by atoms with Crippen molar-refractivity contribution in [3.8, 4) is 0 Å². The van der Waals surface area contributed by atoms with Gasteiger partial charge in [-0.25, -0.2) is 0 Å². The number of unbranched alkanes of at least 4 members (excludes halogenated alkanes) is 3. The van der Waals surface area contributed by atoms with Crippen molar-refractivity contribution in [2.45, 2.75) is 260 Å². The van der Waals surface area contributed by atoms with Gasteiger partial charge in [0.05, 0.1) is 0 Å². The molecule has 0 aromatic rings. The first kappa shape index (κ1) is 88.6. The van der Waals surface area contributed by atoms with E-state index in [2.05, 4.69) is 31.9 Å². The monoisotopic (exact) mass is 1440 g/mol. The number of rotatable bonds is 48. The zero-order chi connectivity index (χ0) is 75.0. The fourth-order valence-corrected chi connectivity index (χ4v) is 11.9. The summed E-state index contributed by atoms with van der Waals surface area (Å²) in [5.41, 5.74) is 5.83. The van der Waals surface area contributed by atoms with Gasteiger partial charge in [0.1, 0.15) is 56.4 Å². The van der Waals surface area contributed by atoms with Gasteiger partial charge in [-0.1, -0.05) is 41.5 Å². The van der Waals surface area contributed by atoms with Crippen LogP contribution in [0.1, 0.15) is 199 Å². The number of hydrogen-bond donors (Lipinski definition) is 7. The van der Waals surface area contributed by atoms with Gasteiger partial charge in [-0.2, -0.15) is 0 Å². The van der Waals surface area contributed by atoms with E-state index in [0.29, 0.717) is 97.2 Å². The third-order valence-corrected chi connectivity index (χ3v) is 18.4. The van der Waals surface area contributed by atoms with Crippen LogP contribution in [-0.4, -0.2) is 211 Å². The second-order valence-corrected chi connectivity index (χ2v) is 26.9. The minimum absolute atomic E-state index is 0.00925. The van der Waals surface area contributed by atoms with Crippen molar-refractivity contribution in [1.82, 2.24) is 31.9 Å². The van der Waals surface area contributed by atoms with Crippen LogP contribution in [0, 0.1) is 35.5 Å². The zero-order valence-corrected chi connectivity index (χ0v) is 61.7. The second kappa shape index (κ2) is 48.3. The Labute approximate surface area is 595 Å². The molecule has 0 aromatic heterocycles. The smallest absolute Gasteiger partial charge is 0.303 e. The Bertz CT molecular complexity index is 2330. The molecule has 0 bridgehead atoms. The molecule has 0 aliphatic carbocycles. The summed E-state index contributed by atoms with van der Waals surface area (Å²) in [6.45, 7) is 21.7. The molecular formula is C70H119N7O24. The molecule has 15 atom stereocenters. The molecule has 0 spiro atoms. The van der Waals surface area contributed by atoms with Gasteiger partial charge in [-0.05, 0) is 77.0 Å². The molecule has 0 aromatic carbocycles. The van der Waals surface area contributed by atoms with Crippen molar-refractivity contribution >= 4 is 71.3 Å². The van der Waals surface area contributed by atoms with Crippen LogP contribution in [0.4, 0.5) is 0 Å². The van der Waals surface area contributed by atoms with Crippen LogP contribution in [0.25, 0.3) is 0 Å². The maximum Gasteiger partial charge on any atom is 0.303 e. The number of nitrogens with one attached hydrogen (secondary N) is 6. The zero-order valence-electron chi connectivity index (χ0n) is 61.7. The molecule has 3 heterocycles. The first-order valence-electron chi connectivity index (χ1n) is 36.0. The van der Waals surface area contributed by atoms with Gasteiger partial charge in [0.15, 0.2) is 18.9 Å². The molecule has 578 valence electrons. The Kier molecular flexibility index (Phi) is 42.4. The SMILES string of the molecule is CC(=O)OCC1OC(OCCCCC(=O)NCCCNC(=O)CCC(N)(CCC(=O)NCCCNC(=O)CCCCOC2OC(COC(C)=O)C(OC(C)=O)C(C)C2C)CCC(=O)NCCCNC(=O)CCCCOC2OC(COC(C)=O)C(OC(C)=O)C(C)C2C)C(C)C(C)C1OC(C)=O. The molecular weight excluding hydrogens is 1320 g/mol. The maximum atomic E-state index is 13.1. The van der Waals surface area contributed by atoms with Gasteiger partial charge in [0.2, 0.25) is 35.4 Å². The van der Waals surface area contributed by atoms with E-state index in [1.807, 2.05) is 41.5 Å². The van der Waals surface area contributed by atoms with Crippen molar-refractivity contribution in [3.05, 3.63) is 0 Å². The van der Waals surface area contributed by atoms with Crippen LogP contribution >= 0.6 is 0 Å². The average Bonchev–Trinajstić information content (AvgIpc) is 0.822. The van der Waals surface area contributed by atoms with Crippen LogP contribution in [0.5, 0.6) is 0 Å². The molecule has 15 unspecified atom stereocenters. The van der Waals surface area contributed by atoms with E-state index in [9.17, 15) is 57.5 Å². The number of esters is 6. The Hall–Kier alpha value is -6.64. The van der Waals surface area contributed by atoms with Gasteiger partial charge in [0, 0.05) is 180 Å². The molecule has 0 saturated carbocycles. The number of ether oxygens (including phenoxy) is 12. The highest BCUT2D eigenvalue weighted by atomic mass is 16.7. The number of hydrogen-bond acceptors (Lipinski definition) is 25. The fraction of sp³-hybridized carbons (Fsp3) is 0.829. The van der Waals surface area contributed by atoms with Crippen molar-refractivity contribution in [2.24, 2.45) is 41.2 Å². The summed E-state index contributed by atoms with van der Waals surface area (Å²) in [6, 6.07) is 0. The third kappa shape index (κ3) is 36.4. The largest absolute Gasteiger partial charge is 0.463 e. The van der Waals surface area contributed by atoms with E-state index in [4.69, 9.17) is 62.6 Å². The average molecular weight is 1440 g/mol. The third-order valence-electron chi connectivity index (χ3n) is 18.4. The number of carbonyl (C=O) groups excluding carboxylic acids is 12. The first-order chi connectivity index (χ1) is 47.9. The predicted octanol–water partition coefficient (Wildman–Crippen LogP) is 3.93.